The Balaban J connectivity index is 1.67. The first kappa shape index (κ1) is 16.8. The first-order valence-electron chi connectivity index (χ1n) is 9.18. The zero-order valence-corrected chi connectivity index (χ0v) is 15.3. The summed E-state index contributed by atoms with van der Waals surface area (Å²) in [7, 11) is 0. The van der Waals surface area contributed by atoms with Crippen molar-refractivity contribution in [2.24, 2.45) is 23.2 Å². The summed E-state index contributed by atoms with van der Waals surface area (Å²) in [6.45, 7) is 11.9. The van der Waals surface area contributed by atoms with Gasteiger partial charge in [0.05, 0.1) is 5.92 Å². The summed E-state index contributed by atoms with van der Waals surface area (Å²) in [4.78, 5) is 24.5. The van der Waals surface area contributed by atoms with E-state index >= 15 is 0 Å². The monoisotopic (exact) mass is 346 g/mol. The van der Waals surface area contributed by atoms with Gasteiger partial charge in [-0.1, -0.05) is 26.5 Å². The molecule has 0 aromatic rings. The van der Waals surface area contributed by atoms with E-state index in [1.165, 1.54) is 0 Å². The third-order valence-corrected chi connectivity index (χ3v) is 6.97. The summed E-state index contributed by atoms with van der Waals surface area (Å²) in [6, 6.07) is 0. The van der Waals surface area contributed by atoms with Gasteiger partial charge in [-0.2, -0.15) is 0 Å². The van der Waals surface area contributed by atoms with E-state index in [0.29, 0.717) is 5.57 Å². The predicted molar refractivity (Wildman–Crippen MR) is 90.5 cm³/mol. The lowest BCUT2D eigenvalue weighted by atomic mass is 9.54. The largest absolute Gasteiger partial charge is 0.461 e. The van der Waals surface area contributed by atoms with E-state index in [9.17, 15) is 9.59 Å². The molecule has 2 aliphatic carbocycles. The van der Waals surface area contributed by atoms with Gasteiger partial charge in [0.1, 0.15) is 24.4 Å². The molecule has 4 aliphatic rings. The minimum absolute atomic E-state index is 0.0207. The van der Waals surface area contributed by atoms with Gasteiger partial charge in [-0.3, -0.25) is 4.79 Å². The molecule has 2 saturated carbocycles. The third-order valence-electron chi connectivity index (χ3n) is 6.97. The lowest BCUT2D eigenvalue weighted by molar-refractivity contribution is -0.168. The number of fused-ring (bicyclic) bond motifs is 4. The van der Waals surface area contributed by atoms with Crippen molar-refractivity contribution in [2.45, 2.75) is 65.0 Å². The highest BCUT2D eigenvalue weighted by molar-refractivity contribution is 5.87. The number of allylic oxidation sites excluding steroid dienone is 1. The van der Waals surface area contributed by atoms with Crippen LogP contribution in [0.5, 0.6) is 0 Å². The number of ether oxygens (including phenoxy) is 3. The van der Waals surface area contributed by atoms with Crippen LogP contribution in [0.2, 0.25) is 0 Å². The molecule has 2 saturated heterocycles. The van der Waals surface area contributed by atoms with Gasteiger partial charge in [-0.15, -0.1) is 0 Å². The molecule has 4 rings (SSSR count). The molecular weight excluding hydrogens is 320 g/mol. The second-order valence-corrected chi connectivity index (χ2v) is 8.27. The molecule has 25 heavy (non-hydrogen) atoms. The Morgan fingerprint density at radius 3 is 2.80 bits per heavy atom. The van der Waals surface area contributed by atoms with Gasteiger partial charge in [0, 0.05) is 22.8 Å². The Labute approximate surface area is 148 Å². The molecule has 0 amide bonds. The van der Waals surface area contributed by atoms with Crippen LogP contribution in [0.4, 0.5) is 0 Å². The number of esters is 2. The van der Waals surface area contributed by atoms with Crippen molar-refractivity contribution in [1.29, 1.82) is 0 Å². The fraction of sp³-hybridized carbons (Fsp3) is 0.700. The molecular formula is C20H26O5. The standard InChI is InChI=1S/C20H26O5/c1-6-9(2)18(21)25-17-16-14(23-16)11(4)13-15-12(7-8-20(13,17)5)10(3)19(22)24-15/h6,10,12-17H,4,7-8H2,1-3,5H3/b9-6-/t10-,12-,13+,14+,15-,16+,17+,20+/m0/s1. The van der Waals surface area contributed by atoms with E-state index in [0.717, 1.165) is 18.4 Å². The van der Waals surface area contributed by atoms with Crippen LogP contribution in [-0.4, -0.2) is 36.4 Å². The Kier molecular flexibility index (Phi) is 3.66. The van der Waals surface area contributed by atoms with Gasteiger partial charge >= 0.3 is 11.9 Å². The highest BCUT2D eigenvalue weighted by atomic mass is 16.6. The highest BCUT2D eigenvalue weighted by Gasteiger charge is 2.69. The summed E-state index contributed by atoms with van der Waals surface area (Å²) < 4.78 is 17.5. The molecule has 0 spiro atoms. The number of carbonyl (C=O) groups excluding carboxylic acids is 2. The van der Waals surface area contributed by atoms with Crippen LogP contribution in [0.1, 0.15) is 40.5 Å². The highest BCUT2D eigenvalue weighted by Crippen LogP contribution is 2.62. The van der Waals surface area contributed by atoms with Gasteiger partial charge in [0.15, 0.2) is 0 Å². The normalized spacial score (nSPS) is 48.2. The molecule has 0 unspecified atom stereocenters. The molecule has 4 fully saturated rings. The van der Waals surface area contributed by atoms with Gasteiger partial charge in [-0.05, 0) is 32.3 Å². The Bertz CT molecular complexity index is 680. The van der Waals surface area contributed by atoms with Crippen molar-refractivity contribution in [3.63, 3.8) is 0 Å². The molecule has 0 radical (unpaired) electrons. The van der Waals surface area contributed by atoms with Gasteiger partial charge in [0.2, 0.25) is 0 Å². The van der Waals surface area contributed by atoms with Gasteiger partial charge in [-0.25, -0.2) is 4.79 Å². The zero-order chi connectivity index (χ0) is 18.1. The van der Waals surface area contributed by atoms with Gasteiger partial charge in [0.25, 0.3) is 0 Å². The molecule has 8 atom stereocenters. The second-order valence-electron chi connectivity index (χ2n) is 8.27. The SMILES string of the molecule is C=C1[C@H]2O[C@H]2[C@@H](OC(=O)/C(C)=C\C)[C@]2(C)CC[C@@H]3[C@H](OC(=O)[C@H]3C)[C@@H]12. The molecule has 5 heteroatoms. The van der Waals surface area contributed by atoms with E-state index in [2.05, 4.69) is 13.5 Å². The number of carbonyl (C=O) groups is 2. The van der Waals surface area contributed by atoms with Crippen molar-refractivity contribution in [3.05, 3.63) is 23.8 Å². The van der Waals surface area contributed by atoms with Crippen molar-refractivity contribution < 1.29 is 23.8 Å². The Hall–Kier alpha value is -1.62. The molecule has 0 aromatic carbocycles. The van der Waals surface area contributed by atoms with Crippen molar-refractivity contribution in [2.75, 3.05) is 0 Å². The average Bonchev–Trinajstić information content (AvgIpc) is 3.32. The minimum Gasteiger partial charge on any atom is -0.461 e. The van der Waals surface area contributed by atoms with Crippen molar-refractivity contribution in [3.8, 4) is 0 Å². The van der Waals surface area contributed by atoms with Crippen LogP contribution >= 0.6 is 0 Å². The molecule has 2 heterocycles. The zero-order valence-electron chi connectivity index (χ0n) is 15.3. The maximum Gasteiger partial charge on any atom is 0.333 e. The van der Waals surface area contributed by atoms with E-state index < -0.39 is 0 Å². The lowest BCUT2D eigenvalue weighted by Crippen LogP contribution is -2.57. The van der Waals surface area contributed by atoms with E-state index in [4.69, 9.17) is 14.2 Å². The molecule has 0 aromatic heterocycles. The topological polar surface area (TPSA) is 65.1 Å². The summed E-state index contributed by atoms with van der Waals surface area (Å²) in [5.41, 5.74) is 1.28. The van der Waals surface area contributed by atoms with E-state index in [1.54, 1.807) is 13.0 Å². The molecule has 0 N–H and O–H groups in total. The van der Waals surface area contributed by atoms with E-state index in [1.807, 2.05) is 13.8 Å². The average molecular weight is 346 g/mol. The van der Waals surface area contributed by atoms with E-state index in [-0.39, 0.29) is 59.5 Å². The first-order chi connectivity index (χ1) is 11.8. The maximum absolute atomic E-state index is 12.4. The maximum atomic E-state index is 12.4. The molecule has 2 aliphatic heterocycles. The number of hydrogen-bond donors (Lipinski definition) is 0. The van der Waals surface area contributed by atoms with Crippen LogP contribution in [0.3, 0.4) is 0 Å². The minimum atomic E-state index is -0.328. The summed E-state index contributed by atoms with van der Waals surface area (Å²) >= 11 is 0. The summed E-state index contributed by atoms with van der Waals surface area (Å²) in [5, 5.41) is 0. The first-order valence-corrected chi connectivity index (χ1v) is 9.18. The predicted octanol–water partition coefficient (Wildman–Crippen LogP) is 2.80. The molecule has 0 bridgehead atoms. The smallest absolute Gasteiger partial charge is 0.333 e. The van der Waals surface area contributed by atoms with Crippen LogP contribution in [0.25, 0.3) is 0 Å². The van der Waals surface area contributed by atoms with Gasteiger partial charge < -0.3 is 14.2 Å². The quantitative estimate of drug-likeness (QED) is 0.333. The lowest BCUT2D eigenvalue weighted by Gasteiger charge is -2.52. The third kappa shape index (κ3) is 2.24. The van der Waals surface area contributed by atoms with Crippen LogP contribution < -0.4 is 0 Å². The Morgan fingerprint density at radius 1 is 1.40 bits per heavy atom. The van der Waals surface area contributed by atoms with Crippen molar-refractivity contribution in [1.82, 2.24) is 0 Å². The number of epoxide rings is 1. The Morgan fingerprint density at radius 2 is 2.12 bits per heavy atom. The summed E-state index contributed by atoms with van der Waals surface area (Å²) in [6.07, 6.45) is 2.81. The van der Waals surface area contributed by atoms with Crippen LogP contribution in [-0.2, 0) is 23.8 Å². The fourth-order valence-corrected chi connectivity index (χ4v) is 5.21. The van der Waals surface area contributed by atoms with Crippen molar-refractivity contribution >= 4 is 11.9 Å². The molecule has 136 valence electrons. The number of rotatable bonds is 2. The molecule has 5 nitrogen and oxygen atoms in total. The van der Waals surface area contributed by atoms with Crippen LogP contribution in [0.15, 0.2) is 23.8 Å². The second kappa shape index (κ2) is 5.44. The summed E-state index contributed by atoms with van der Waals surface area (Å²) in [5.74, 6) is -0.303. The number of hydrogen-bond acceptors (Lipinski definition) is 5. The fourth-order valence-electron chi connectivity index (χ4n) is 5.21. The van der Waals surface area contributed by atoms with Crippen LogP contribution in [0, 0.1) is 23.2 Å².